The van der Waals surface area contributed by atoms with Gasteiger partial charge in [0.05, 0.1) is 0 Å². The zero-order valence-corrected chi connectivity index (χ0v) is 12.0. The van der Waals surface area contributed by atoms with Gasteiger partial charge in [-0.2, -0.15) is 0 Å². The number of benzene rings is 1. The first-order valence-corrected chi connectivity index (χ1v) is 7.61. The Morgan fingerprint density at radius 1 is 1.09 bits per heavy atom. The largest absolute Gasteiger partial charge is 0.361 e. The van der Waals surface area contributed by atoms with Crippen molar-refractivity contribution in [1.29, 1.82) is 0 Å². The summed E-state index contributed by atoms with van der Waals surface area (Å²) >= 11 is 0. The third kappa shape index (κ3) is 1.51. The summed E-state index contributed by atoms with van der Waals surface area (Å²) in [5, 5.41) is 8.47. The minimum Gasteiger partial charge on any atom is -0.361 e. The molecular formula is C17H15N5. The van der Waals surface area contributed by atoms with Crippen molar-refractivity contribution in [2.45, 2.75) is 24.9 Å². The van der Waals surface area contributed by atoms with Crippen molar-refractivity contribution in [3.8, 4) is 22.8 Å². The van der Waals surface area contributed by atoms with Crippen LogP contribution in [0.3, 0.4) is 0 Å². The Morgan fingerprint density at radius 2 is 2.00 bits per heavy atom. The summed E-state index contributed by atoms with van der Waals surface area (Å²) in [6.07, 6.45) is 6.98. The van der Waals surface area contributed by atoms with E-state index in [1.807, 2.05) is 24.4 Å². The molecule has 0 saturated heterocycles. The smallest absolute Gasteiger partial charge is 0.183 e. The lowest BCUT2D eigenvalue weighted by Crippen LogP contribution is -2.50. The Bertz CT molecular complexity index is 848. The molecule has 22 heavy (non-hydrogen) atoms. The number of rotatable bonds is 1. The highest BCUT2D eigenvalue weighted by Gasteiger charge is 2.45. The molecule has 0 radical (unpaired) electrons. The van der Waals surface area contributed by atoms with Crippen LogP contribution in [0.2, 0.25) is 0 Å². The van der Waals surface area contributed by atoms with Gasteiger partial charge in [-0.3, -0.25) is 4.98 Å². The lowest BCUT2D eigenvalue weighted by atomic mass is 9.83. The number of nitrogens with zero attached hydrogens (tertiary/aromatic N) is 4. The first kappa shape index (κ1) is 11.9. The molecule has 1 spiro atoms. The minimum atomic E-state index is -0.100. The van der Waals surface area contributed by atoms with Crippen LogP contribution in [0.1, 0.15) is 19.3 Å². The van der Waals surface area contributed by atoms with E-state index >= 15 is 0 Å². The van der Waals surface area contributed by atoms with Crippen molar-refractivity contribution in [1.82, 2.24) is 19.7 Å². The van der Waals surface area contributed by atoms with E-state index in [1.54, 1.807) is 6.20 Å². The number of nitrogens with one attached hydrogen (secondary N) is 1. The maximum absolute atomic E-state index is 4.81. The molecule has 0 amide bonds. The molecule has 0 unspecified atom stereocenters. The summed E-state index contributed by atoms with van der Waals surface area (Å²) in [5.41, 5.74) is 3.12. The van der Waals surface area contributed by atoms with Crippen LogP contribution < -0.4 is 5.32 Å². The van der Waals surface area contributed by atoms with Crippen LogP contribution >= 0.6 is 0 Å². The van der Waals surface area contributed by atoms with Crippen LogP contribution in [-0.2, 0) is 5.66 Å². The molecule has 1 aliphatic carbocycles. The predicted molar refractivity (Wildman–Crippen MR) is 84.1 cm³/mol. The van der Waals surface area contributed by atoms with Crippen LogP contribution in [0.5, 0.6) is 0 Å². The highest BCUT2D eigenvalue weighted by atomic mass is 15.5. The molecule has 2 aromatic heterocycles. The Hall–Kier alpha value is -2.69. The van der Waals surface area contributed by atoms with E-state index in [0.29, 0.717) is 0 Å². The Morgan fingerprint density at radius 3 is 2.77 bits per heavy atom. The van der Waals surface area contributed by atoms with Crippen molar-refractivity contribution in [3.05, 3.63) is 48.8 Å². The lowest BCUT2D eigenvalue weighted by Gasteiger charge is -2.46. The van der Waals surface area contributed by atoms with Crippen molar-refractivity contribution < 1.29 is 0 Å². The molecule has 5 nitrogen and oxygen atoms in total. The van der Waals surface area contributed by atoms with Crippen molar-refractivity contribution in [3.63, 3.8) is 0 Å². The molecule has 0 bridgehead atoms. The SMILES string of the molecule is c1cncc(-c2nc3n(n2)C2(CCC2)Nc2ccccc2-3)c1. The lowest BCUT2D eigenvalue weighted by molar-refractivity contribution is 0.160. The number of anilines is 1. The van der Waals surface area contributed by atoms with E-state index in [0.717, 1.165) is 41.3 Å². The predicted octanol–water partition coefficient (Wildman–Crippen LogP) is 3.27. The van der Waals surface area contributed by atoms with Gasteiger partial charge in [0.25, 0.3) is 0 Å². The van der Waals surface area contributed by atoms with Gasteiger partial charge in [0.1, 0.15) is 5.66 Å². The second-order valence-corrected chi connectivity index (χ2v) is 5.97. The highest BCUT2D eigenvalue weighted by molar-refractivity contribution is 5.77. The van der Waals surface area contributed by atoms with Gasteiger partial charge in [-0.15, -0.1) is 5.10 Å². The summed E-state index contributed by atoms with van der Waals surface area (Å²) in [5.74, 6) is 1.70. The van der Waals surface area contributed by atoms with E-state index in [4.69, 9.17) is 10.1 Å². The fourth-order valence-corrected chi connectivity index (χ4v) is 3.34. The van der Waals surface area contributed by atoms with E-state index in [2.05, 4.69) is 33.2 Å². The normalized spacial score (nSPS) is 17.3. The van der Waals surface area contributed by atoms with Gasteiger partial charge in [-0.1, -0.05) is 12.1 Å². The van der Waals surface area contributed by atoms with Gasteiger partial charge in [0.2, 0.25) is 0 Å². The monoisotopic (exact) mass is 289 g/mol. The van der Waals surface area contributed by atoms with E-state index in [9.17, 15) is 0 Å². The molecule has 1 saturated carbocycles. The zero-order chi connectivity index (χ0) is 14.6. The van der Waals surface area contributed by atoms with E-state index in [1.165, 1.54) is 6.42 Å². The van der Waals surface area contributed by atoms with Gasteiger partial charge >= 0.3 is 0 Å². The zero-order valence-electron chi connectivity index (χ0n) is 12.0. The number of hydrogen-bond donors (Lipinski definition) is 1. The van der Waals surface area contributed by atoms with Gasteiger partial charge in [0, 0.05) is 29.2 Å². The van der Waals surface area contributed by atoms with Crippen molar-refractivity contribution in [2.24, 2.45) is 0 Å². The number of para-hydroxylation sites is 1. The average Bonchev–Trinajstić information content (AvgIpc) is 2.99. The molecule has 5 heteroatoms. The van der Waals surface area contributed by atoms with Gasteiger partial charge in [-0.25, -0.2) is 9.67 Å². The molecule has 3 aromatic rings. The van der Waals surface area contributed by atoms with Crippen molar-refractivity contribution >= 4 is 5.69 Å². The Balaban J connectivity index is 1.74. The van der Waals surface area contributed by atoms with Crippen LogP contribution in [0.15, 0.2) is 48.8 Å². The molecule has 2 aliphatic rings. The molecule has 3 heterocycles. The van der Waals surface area contributed by atoms with Crippen molar-refractivity contribution in [2.75, 3.05) is 5.32 Å². The quantitative estimate of drug-likeness (QED) is 0.747. The first-order valence-electron chi connectivity index (χ1n) is 7.61. The second-order valence-electron chi connectivity index (χ2n) is 5.97. The van der Waals surface area contributed by atoms with Gasteiger partial charge in [0.15, 0.2) is 11.6 Å². The molecule has 1 fully saturated rings. The van der Waals surface area contributed by atoms with Gasteiger partial charge in [-0.05, 0) is 43.5 Å². The highest BCUT2D eigenvalue weighted by Crippen LogP contribution is 2.47. The maximum atomic E-state index is 4.81. The molecule has 5 rings (SSSR count). The fraction of sp³-hybridized carbons (Fsp3) is 0.235. The van der Waals surface area contributed by atoms with E-state index in [-0.39, 0.29) is 5.66 Å². The van der Waals surface area contributed by atoms with Crippen LogP contribution in [-0.4, -0.2) is 19.7 Å². The molecule has 1 aliphatic heterocycles. The number of hydrogen-bond acceptors (Lipinski definition) is 4. The topological polar surface area (TPSA) is 55.6 Å². The summed E-state index contributed by atoms with van der Waals surface area (Å²) in [4.78, 5) is 8.99. The summed E-state index contributed by atoms with van der Waals surface area (Å²) in [6.45, 7) is 0. The third-order valence-corrected chi connectivity index (χ3v) is 4.65. The summed E-state index contributed by atoms with van der Waals surface area (Å²) in [7, 11) is 0. The summed E-state index contributed by atoms with van der Waals surface area (Å²) in [6, 6.07) is 12.2. The first-order chi connectivity index (χ1) is 10.9. The maximum Gasteiger partial charge on any atom is 0.183 e. The number of pyridine rings is 1. The summed E-state index contributed by atoms with van der Waals surface area (Å²) < 4.78 is 2.08. The molecule has 1 aromatic carbocycles. The van der Waals surface area contributed by atoms with Crippen LogP contribution in [0, 0.1) is 0 Å². The van der Waals surface area contributed by atoms with Gasteiger partial charge < -0.3 is 5.32 Å². The Labute approximate surface area is 128 Å². The van der Waals surface area contributed by atoms with E-state index < -0.39 is 0 Å². The fourth-order valence-electron chi connectivity index (χ4n) is 3.34. The second kappa shape index (κ2) is 4.16. The van der Waals surface area contributed by atoms with Crippen LogP contribution in [0.25, 0.3) is 22.8 Å². The standard InChI is InChI=1S/C17H15N5/c1-2-7-14-13(6-1)16-19-15(12-5-3-10-18-11-12)21-22(16)17(20-14)8-4-9-17/h1-3,5-7,10-11,20H,4,8-9H2. The number of fused-ring (bicyclic) bond motifs is 4. The molecule has 1 N–H and O–H groups in total. The molecule has 108 valence electrons. The minimum absolute atomic E-state index is 0.100. The average molecular weight is 289 g/mol. The molecular weight excluding hydrogens is 274 g/mol. The number of aromatic nitrogens is 4. The molecule has 0 atom stereocenters. The Kier molecular flexibility index (Phi) is 2.25. The third-order valence-electron chi connectivity index (χ3n) is 4.65. The van der Waals surface area contributed by atoms with Crippen LogP contribution in [0.4, 0.5) is 5.69 Å².